The second-order valence-electron chi connectivity index (χ2n) is 6.01. The molecule has 1 heteroatoms. The highest BCUT2D eigenvalue weighted by Crippen LogP contribution is 2.16. The van der Waals surface area contributed by atoms with Gasteiger partial charge in [0.25, 0.3) is 0 Å². The minimum atomic E-state index is 0.908. The Morgan fingerprint density at radius 1 is 0.739 bits per heavy atom. The van der Waals surface area contributed by atoms with Gasteiger partial charge < -0.3 is 0 Å². The molecule has 116 valence electrons. The number of hydrogen-bond donors (Lipinski definition) is 0. The fourth-order valence-corrected chi connectivity index (χ4v) is 2.91. The van der Waals surface area contributed by atoms with E-state index in [1.807, 2.05) is 0 Å². The van der Waals surface area contributed by atoms with E-state index in [0.29, 0.717) is 0 Å². The molecule has 2 aromatic carbocycles. The van der Waals surface area contributed by atoms with Crippen molar-refractivity contribution in [1.82, 2.24) is 0 Å². The first kappa shape index (κ1) is 15.5. The van der Waals surface area contributed by atoms with Gasteiger partial charge in [-0.15, -0.1) is 0 Å². The van der Waals surface area contributed by atoms with Gasteiger partial charge in [0.2, 0.25) is 5.69 Å². The van der Waals surface area contributed by atoms with E-state index in [0.717, 1.165) is 13.0 Å². The molecular formula is C22H24N+. The van der Waals surface area contributed by atoms with E-state index < -0.39 is 0 Å². The van der Waals surface area contributed by atoms with Crippen molar-refractivity contribution in [2.24, 2.45) is 0 Å². The van der Waals surface area contributed by atoms with Crippen LogP contribution in [0.5, 0.6) is 0 Å². The van der Waals surface area contributed by atoms with Gasteiger partial charge in [-0.1, -0.05) is 61.9 Å². The topological polar surface area (TPSA) is 3.88 Å². The van der Waals surface area contributed by atoms with Gasteiger partial charge in [-0.05, 0) is 31.0 Å². The quantitative estimate of drug-likeness (QED) is 0.562. The predicted molar refractivity (Wildman–Crippen MR) is 96.2 cm³/mol. The molecule has 0 amide bonds. The van der Waals surface area contributed by atoms with E-state index in [2.05, 4.69) is 90.5 Å². The van der Waals surface area contributed by atoms with Crippen LogP contribution in [0.3, 0.4) is 0 Å². The molecule has 0 N–H and O–H groups in total. The summed E-state index contributed by atoms with van der Waals surface area (Å²) in [5.41, 5.74) is 5.30. The Morgan fingerprint density at radius 3 is 2.13 bits per heavy atom. The summed E-state index contributed by atoms with van der Waals surface area (Å²) in [6, 6.07) is 25.9. The van der Waals surface area contributed by atoms with Crippen molar-refractivity contribution >= 4 is 0 Å². The molecule has 0 radical (unpaired) electrons. The van der Waals surface area contributed by atoms with Gasteiger partial charge in [-0.2, -0.15) is 4.57 Å². The predicted octanol–water partition coefficient (Wildman–Crippen LogP) is 5.03. The van der Waals surface area contributed by atoms with Crippen LogP contribution in [0.2, 0.25) is 0 Å². The molecule has 0 aliphatic rings. The van der Waals surface area contributed by atoms with E-state index in [1.165, 1.54) is 35.2 Å². The molecule has 23 heavy (non-hydrogen) atoms. The maximum absolute atomic E-state index is 2.38. The molecule has 0 atom stereocenters. The Kier molecular flexibility index (Phi) is 5.21. The van der Waals surface area contributed by atoms with Crippen molar-refractivity contribution in [3.8, 4) is 11.3 Å². The Morgan fingerprint density at radius 2 is 1.43 bits per heavy atom. The first-order chi connectivity index (χ1) is 11.4. The monoisotopic (exact) mass is 302 g/mol. The van der Waals surface area contributed by atoms with Gasteiger partial charge in [0, 0.05) is 22.8 Å². The molecule has 0 aliphatic heterocycles. The third-order valence-corrected chi connectivity index (χ3v) is 4.17. The lowest BCUT2D eigenvalue weighted by Crippen LogP contribution is -2.37. The summed E-state index contributed by atoms with van der Waals surface area (Å²) in [5.74, 6) is 0. The van der Waals surface area contributed by atoms with Crippen molar-refractivity contribution < 1.29 is 4.57 Å². The fourth-order valence-electron chi connectivity index (χ4n) is 2.91. The van der Waals surface area contributed by atoms with E-state index in [1.54, 1.807) is 0 Å². The number of benzene rings is 2. The molecule has 0 fully saturated rings. The Hall–Kier alpha value is -2.41. The summed E-state index contributed by atoms with van der Waals surface area (Å²) in [6.45, 7) is 3.15. The molecule has 1 heterocycles. The maximum Gasteiger partial charge on any atom is 0.212 e. The third-order valence-electron chi connectivity index (χ3n) is 4.17. The van der Waals surface area contributed by atoms with Crippen LogP contribution in [0.1, 0.15) is 30.9 Å². The van der Waals surface area contributed by atoms with E-state index >= 15 is 0 Å². The SMILES string of the molecule is CCCCc1ccc(-c2ccccc2)[n+](Cc2ccccc2)c1. The standard InChI is InChI=1S/C22H24N/c1-2-3-10-20-15-16-22(21-13-8-5-9-14-21)23(18-20)17-19-11-6-4-7-12-19/h4-9,11-16,18H,2-3,10,17H2,1H3/q+1. The molecule has 3 rings (SSSR count). The van der Waals surface area contributed by atoms with Crippen molar-refractivity contribution in [2.75, 3.05) is 0 Å². The van der Waals surface area contributed by atoms with Gasteiger partial charge in [0.15, 0.2) is 12.7 Å². The zero-order chi connectivity index (χ0) is 15.9. The van der Waals surface area contributed by atoms with E-state index in [4.69, 9.17) is 0 Å². The third kappa shape index (κ3) is 4.07. The van der Waals surface area contributed by atoms with E-state index in [9.17, 15) is 0 Å². The zero-order valence-electron chi connectivity index (χ0n) is 13.8. The zero-order valence-corrected chi connectivity index (χ0v) is 13.8. The van der Waals surface area contributed by atoms with Crippen LogP contribution in [0.25, 0.3) is 11.3 Å². The van der Waals surface area contributed by atoms with Gasteiger partial charge in [0.1, 0.15) is 0 Å². The minimum Gasteiger partial charge on any atom is -0.194 e. The van der Waals surface area contributed by atoms with Crippen molar-refractivity contribution in [2.45, 2.75) is 32.7 Å². The lowest BCUT2D eigenvalue weighted by Gasteiger charge is -2.07. The van der Waals surface area contributed by atoms with Crippen LogP contribution in [0, 0.1) is 0 Å². The summed E-state index contributed by atoms with van der Waals surface area (Å²) in [5, 5.41) is 0. The number of nitrogens with zero attached hydrogens (tertiary/aromatic N) is 1. The van der Waals surface area contributed by atoms with Crippen molar-refractivity contribution in [1.29, 1.82) is 0 Å². The highest BCUT2D eigenvalue weighted by Gasteiger charge is 2.14. The normalized spacial score (nSPS) is 10.7. The minimum absolute atomic E-state index is 0.908. The summed E-state index contributed by atoms with van der Waals surface area (Å²) in [6.07, 6.45) is 5.96. The van der Waals surface area contributed by atoms with Gasteiger partial charge in [-0.3, -0.25) is 0 Å². The molecule has 0 unspecified atom stereocenters. The molecule has 0 aliphatic carbocycles. The highest BCUT2D eigenvalue weighted by atomic mass is 15.0. The number of rotatable bonds is 6. The van der Waals surface area contributed by atoms with Gasteiger partial charge >= 0.3 is 0 Å². The van der Waals surface area contributed by atoms with Gasteiger partial charge in [0.05, 0.1) is 0 Å². The lowest BCUT2D eigenvalue weighted by molar-refractivity contribution is -0.677. The maximum atomic E-state index is 2.38. The number of aryl methyl sites for hydroxylation is 1. The first-order valence-electron chi connectivity index (χ1n) is 8.48. The number of unbranched alkanes of at least 4 members (excludes halogenated alkanes) is 1. The lowest BCUT2D eigenvalue weighted by atomic mass is 10.1. The smallest absolute Gasteiger partial charge is 0.194 e. The van der Waals surface area contributed by atoms with Crippen LogP contribution in [-0.2, 0) is 13.0 Å². The molecule has 0 saturated heterocycles. The Balaban J connectivity index is 1.97. The molecule has 1 aromatic heterocycles. The second-order valence-corrected chi connectivity index (χ2v) is 6.01. The molecule has 3 aromatic rings. The van der Waals surface area contributed by atoms with Crippen molar-refractivity contribution in [3.63, 3.8) is 0 Å². The van der Waals surface area contributed by atoms with E-state index in [-0.39, 0.29) is 0 Å². The van der Waals surface area contributed by atoms with Gasteiger partial charge in [-0.25, -0.2) is 0 Å². The molecule has 0 saturated carbocycles. The largest absolute Gasteiger partial charge is 0.212 e. The molecular weight excluding hydrogens is 278 g/mol. The van der Waals surface area contributed by atoms with Crippen LogP contribution in [0.15, 0.2) is 79.0 Å². The van der Waals surface area contributed by atoms with Crippen molar-refractivity contribution in [3.05, 3.63) is 90.1 Å². The average molecular weight is 302 g/mol. The van der Waals surface area contributed by atoms with Crippen LogP contribution in [-0.4, -0.2) is 0 Å². The molecule has 0 bridgehead atoms. The molecule has 0 spiro atoms. The average Bonchev–Trinajstić information content (AvgIpc) is 2.62. The number of aromatic nitrogens is 1. The van der Waals surface area contributed by atoms with Crippen LogP contribution in [0.4, 0.5) is 0 Å². The molecule has 1 nitrogen and oxygen atoms in total. The number of hydrogen-bond acceptors (Lipinski definition) is 0. The second kappa shape index (κ2) is 7.73. The fraction of sp³-hybridized carbons (Fsp3) is 0.227. The Bertz CT molecular complexity index is 732. The number of pyridine rings is 1. The Labute approximate surface area is 139 Å². The summed E-state index contributed by atoms with van der Waals surface area (Å²) < 4.78 is 2.38. The summed E-state index contributed by atoms with van der Waals surface area (Å²) in [7, 11) is 0. The first-order valence-corrected chi connectivity index (χ1v) is 8.48. The summed E-state index contributed by atoms with van der Waals surface area (Å²) >= 11 is 0. The highest BCUT2D eigenvalue weighted by molar-refractivity contribution is 5.55. The van der Waals surface area contributed by atoms with Crippen LogP contribution < -0.4 is 4.57 Å². The summed E-state index contributed by atoms with van der Waals surface area (Å²) in [4.78, 5) is 0. The van der Waals surface area contributed by atoms with Crippen LogP contribution >= 0.6 is 0 Å².